The molecule has 0 aliphatic rings. The molecule has 12 heavy (non-hydrogen) atoms. The van der Waals surface area contributed by atoms with Gasteiger partial charge in [0, 0.05) is 17.2 Å². The van der Waals surface area contributed by atoms with E-state index >= 15 is 0 Å². The molecule has 1 heterocycles. The molecule has 0 aliphatic heterocycles. The number of aromatic nitrogens is 1. The minimum atomic E-state index is -4.67. The van der Waals surface area contributed by atoms with Crippen LogP contribution in [0.1, 0.15) is 0 Å². The molecule has 0 bridgehead atoms. The van der Waals surface area contributed by atoms with Crippen LogP contribution in [-0.2, 0) is 6.30 Å². The zero-order chi connectivity index (χ0) is 9.35. The molecule has 0 N–H and O–H groups in total. The Morgan fingerprint density at radius 2 is 1.92 bits per heavy atom. The van der Waals surface area contributed by atoms with Crippen LogP contribution in [0.5, 0.6) is 0 Å². The molecule has 0 fully saturated rings. The van der Waals surface area contributed by atoms with Crippen molar-refractivity contribution in [2.24, 2.45) is 0 Å². The van der Waals surface area contributed by atoms with Crippen LogP contribution >= 0.6 is 12.6 Å². The Morgan fingerprint density at radius 1 is 1.33 bits per heavy atom. The van der Waals surface area contributed by atoms with Gasteiger partial charge in [-0.2, -0.15) is 0 Å². The first-order valence-electron chi connectivity index (χ1n) is 2.90. The quantitative estimate of drug-likeness (QED) is 0.624. The highest BCUT2D eigenvalue weighted by molar-refractivity contribution is 7.80. The highest BCUT2D eigenvalue weighted by Gasteiger charge is 2.31. The van der Waals surface area contributed by atoms with Crippen molar-refractivity contribution in [2.75, 3.05) is 0 Å². The van der Waals surface area contributed by atoms with Gasteiger partial charge in [-0.05, 0) is 6.07 Å². The largest absolute Gasteiger partial charge is 0.491 e. The third kappa shape index (κ3) is 1.82. The van der Waals surface area contributed by atoms with E-state index in [4.69, 9.17) is 0 Å². The summed E-state index contributed by atoms with van der Waals surface area (Å²) in [6.45, 7) is 0. The monoisotopic (exact) mass is 195 g/mol. The van der Waals surface area contributed by atoms with E-state index < -0.39 is 11.9 Å². The van der Waals surface area contributed by atoms with Crippen LogP contribution in [0.25, 0.3) is 0 Å². The minimum Gasteiger partial charge on any atom is -0.269 e. The van der Waals surface area contributed by atoms with Gasteiger partial charge in [0.2, 0.25) is 0 Å². The Hall–Kier alpha value is -0.910. The van der Waals surface area contributed by atoms with E-state index in [1.165, 1.54) is 6.07 Å². The highest BCUT2D eigenvalue weighted by atomic mass is 32.1. The molecule has 0 radical (unpaired) electrons. The number of pyridine rings is 1. The van der Waals surface area contributed by atoms with Crippen molar-refractivity contribution in [2.45, 2.75) is 11.2 Å². The molecule has 0 amide bonds. The number of hydrogen-bond donors (Lipinski definition) is 1. The van der Waals surface area contributed by atoms with Crippen molar-refractivity contribution in [1.29, 1.82) is 0 Å². The van der Waals surface area contributed by atoms with Gasteiger partial charge in [0.15, 0.2) is 0 Å². The van der Waals surface area contributed by atoms with Gasteiger partial charge in [-0.25, -0.2) is 4.57 Å². The molecular weight excluding hydrogens is 191 g/mol. The highest BCUT2D eigenvalue weighted by Crippen LogP contribution is 2.20. The Bertz CT molecular complexity index is 343. The Morgan fingerprint density at radius 3 is 2.33 bits per heavy atom. The van der Waals surface area contributed by atoms with Gasteiger partial charge in [0.05, 0.1) is 0 Å². The number of hydrogen-bond acceptors (Lipinski definition) is 2. The summed E-state index contributed by atoms with van der Waals surface area (Å²) in [5.41, 5.74) is -1.11. The summed E-state index contributed by atoms with van der Waals surface area (Å²) in [6.07, 6.45) is -4.04. The average Bonchev–Trinajstić information content (AvgIpc) is 1.92. The van der Waals surface area contributed by atoms with E-state index in [9.17, 15) is 18.0 Å². The van der Waals surface area contributed by atoms with Crippen LogP contribution in [0.15, 0.2) is 28.0 Å². The number of alkyl halides is 3. The van der Waals surface area contributed by atoms with Gasteiger partial charge in [-0.3, -0.25) is 4.79 Å². The van der Waals surface area contributed by atoms with Crippen LogP contribution < -0.4 is 5.56 Å². The van der Waals surface area contributed by atoms with Crippen LogP contribution in [0.2, 0.25) is 0 Å². The fraction of sp³-hybridized carbons (Fsp3) is 0.167. The van der Waals surface area contributed by atoms with Gasteiger partial charge in [0.1, 0.15) is 0 Å². The summed E-state index contributed by atoms with van der Waals surface area (Å²) in [5.74, 6) is 0. The molecule has 6 heteroatoms. The lowest BCUT2D eigenvalue weighted by atomic mass is 10.5. The first kappa shape index (κ1) is 9.18. The van der Waals surface area contributed by atoms with Gasteiger partial charge in [-0.15, -0.1) is 25.8 Å². The Balaban J connectivity index is 3.33. The summed E-state index contributed by atoms with van der Waals surface area (Å²) in [5, 5.41) is 0. The molecule has 1 rings (SSSR count). The van der Waals surface area contributed by atoms with Crippen molar-refractivity contribution < 1.29 is 13.2 Å². The van der Waals surface area contributed by atoms with Crippen molar-refractivity contribution in [1.82, 2.24) is 4.57 Å². The molecule has 0 saturated heterocycles. The Kier molecular flexibility index (Phi) is 2.18. The van der Waals surface area contributed by atoms with Crippen LogP contribution in [-0.4, -0.2) is 4.57 Å². The van der Waals surface area contributed by atoms with Crippen LogP contribution in [0.4, 0.5) is 13.2 Å². The maximum Gasteiger partial charge on any atom is 0.491 e. The molecule has 66 valence electrons. The summed E-state index contributed by atoms with van der Waals surface area (Å²) in [6, 6.07) is 2.02. The lowest BCUT2D eigenvalue weighted by Crippen LogP contribution is -2.29. The zero-order valence-corrected chi connectivity index (χ0v) is 6.56. The van der Waals surface area contributed by atoms with Crippen molar-refractivity contribution >= 4 is 12.6 Å². The first-order valence-corrected chi connectivity index (χ1v) is 3.35. The smallest absolute Gasteiger partial charge is 0.269 e. The summed E-state index contributed by atoms with van der Waals surface area (Å²) >= 11 is 3.67. The molecule has 1 aromatic heterocycles. The number of thiol groups is 1. The van der Waals surface area contributed by atoms with Crippen molar-refractivity contribution in [3.8, 4) is 0 Å². The molecule has 2 nitrogen and oxygen atoms in total. The molecule has 0 saturated carbocycles. The standard InChI is InChI=1S/C6H4F3NOS/c7-6(8,9)10-3-4(12)1-2-5(10)11/h1-3,12H. The van der Waals surface area contributed by atoms with Crippen molar-refractivity contribution in [3.63, 3.8) is 0 Å². The minimum absolute atomic E-state index is 0.0897. The maximum atomic E-state index is 12.0. The molecule has 0 aromatic carbocycles. The van der Waals surface area contributed by atoms with Crippen LogP contribution in [0.3, 0.4) is 0 Å². The number of halogens is 3. The molecule has 0 spiro atoms. The van der Waals surface area contributed by atoms with Gasteiger partial charge < -0.3 is 0 Å². The summed E-state index contributed by atoms with van der Waals surface area (Å²) < 4.78 is 35.5. The second kappa shape index (κ2) is 2.85. The summed E-state index contributed by atoms with van der Waals surface area (Å²) in [7, 11) is 0. The van der Waals surface area contributed by atoms with Gasteiger partial charge in [-0.1, -0.05) is 0 Å². The predicted molar refractivity (Wildman–Crippen MR) is 39.3 cm³/mol. The van der Waals surface area contributed by atoms with Crippen molar-refractivity contribution in [3.05, 3.63) is 28.7 Å². The SMILES string of the molecule is O=c1ccc(S)cn1C(F)(F)F. The van der Waals surface area contributed by atoms with E-state index in [-0.39, 0.29) is 9.46 Å². The first-order chi connectivity index (χ1) is 5.41. The maximum absolute atomic E-state index is 12.0. The van der Waals surface area contributed by atoms with E-state index in [2.05, 4.69) is 12.6 Å². The molecule has 0 atom stereocenters. The molecule has 1 aromatic rings. The fourth-order valence-corrected chi connectivity index (χ4v) is 0.864. The van der Waals surface area contributed by atoms with E-state index in [1.54, 1.807) is 0 Å². The second-order valence-corrected chi connectivity index (χ2v) is 2.58. The third-order valence-corrected chi connectivity index (χ3v) is 1.43. The number of rotatable bonds is 0. The lowest BCUT2D eigenvalue weighted by molar-refractivity contribution is -0.206. The van der Waals surface area contributed by atoms with Crippen LogP contribution in [0, 0.1) is 0 Å². The fourth-order valence-electron chi connectivity index (χ4n) is 0.674. The van der Waals surface area contributed by atoms with E-state index in [1.807, 2.05) is 0 Å². The normalized spacial score (nSPS) is 11.7. The number of nitrogens with zero attached hydrogens (tertiary/aromatic N) is 1. The Labute approximate surface area is 71.0 Å². The third-order valence-electron chi connectivity index (χ3n) is 1.17. The van der Waals surface area contributed by atoms with Gasteiger partial charge >= 0.3 is 6.30 Å². The zero-order valence-electron chi connectivity index (χ0n) is 5.67. The van der Waals surface area contributed by atoms with E-state index in [0.29, 0.717) is 6.20 Å². The topological polar surface area (TPSA) is 22.0 Å². The summed E-state index contributed by atoms with van der Waals surface area (Å²) in [4.78, 5) is 10.7. The molecule has 0 unspecified atom stereocenters. The molecule has 0 aliphatic carbocycles. The average molecular weight is 195 g/mol. The van der Waals surface area contributed by atoms with Gasteiger partial charge in [0.25, 0.3) is 5.56 Å². The second-order valence-electron chi connectivity index (χ2n) is 2.06. The predicted octanol–water partition coefficient (Wildman–Crippen LogP) is 1.61. The van der Waals surface area contributed by atoms with E-state index in [0.717, 1.165) is 6.07 Å². The molecular formula is C6H4F3NOS. The lowest BCUT2D eigenvalue weighted by Gasteiger charge is -2.08.